The van der Waals surface area contributed by atoms with Crippen molar-refractivity contribution in [3.05, 3.63) is 46.0 Å². The lowest BCUT2D eigenvalue weighted by Gasteiger charge is -2.24. The number of rotatable bonds is 7. The zero-order valence-corrected chi connectivity index (χ0v) is 18.6. The third-order valence-electron chi connectivity index (χ3n) is 5.69. The molecule has 2 aromatic heterocycles. The number of hydrogen-bond donors (Lipinski definition) is 2. The van der Waals surface area contributed by atoms with Gasteiger partial charge in [0.15, 0.2) is 0 Å². The number of aromatic nitrogens is 5. The van der Waals surface area contributed by atoms with E-state index in [2.05, 4.69) is 41.3 Å². The van der Waals surface area contributed by atoms with Gasteiger partial charge in [-0.25, -0.2) is 4.68 Å². The van der Waals surface area contributed by atoms with Gasteiger partial charge >= 0.3 is 0 Å². The minimum absolute atomic E-state index is 0.0714. The smallest absolute Gasteiger partial charge is 0.257 e. The predicted octanol–water partition coefficient (Wildman–Crippen LogP) is 1.04. The Morgan fingerprint density at radius 1 is 1.29 bits per heavy atom. The number of nitrogens with zero attached hydrogens (tertiary/aromatic N) is 4. The molecule has 1 fully saturated rings. The molecule has 1 unspecified atom stereocenters. The van der Waals surface area contributed by atoms with E-state index >= 15 is 0 Å². The molecule has 0 radical (unpaired) electrons. The highest BCUT2D eigenvalue weighted by Crippen LogP contribution is 2.19. The van der Waals surface area contributed by atoms with Gasteiger partial charge in [0.1, 0.15) is 31.5 Å². The lowest BCUT2D eigenvalue weighted by Crippen LogP contribution is -3.10. The number of benzene rings is 1. The SMILES string of the molecule is COc1ccc2[nH]c(=O)c(C[NH+](Cc3nnnn3C(C)(C)C)C[C@H]3CCCO3)cc2c1. The summed E-state index contributed by atoms with van der Waals surface area (Å²) in [5, 5.41) is 13.3. The second-order valence-electron chi connectivity index (χ2n) is 9.20. The maximum absolute atomic E-state index is 12.8. The quantitative estimate of drug-likeness (QED) is 0.585. The van der Waals surface area contributed by atoms with Crippen molar-refractivity contribution in [1.29, 1.82) is 0 Å². The van der Waals surface area contributed by atoms with Crippen molar-refractivity contribution in [1.82, 2.24) is 25.2 Å². The van der Waals surface area contributed by atoms with Crippen LogP contribution in [0.2, 0.25) is 0 Å². The first-order valence-corrected chi connectivity index (χ1v) is 10.8. The molecule has 9 nitrogen and oxygen atoms in total. The molecule has 2 N–H and O–H groups in total. The number of tetrazole rings is 1. The number of ether oxygens (including phenoxy) is 2. The lowest BCUT2D eigenvalue weighted by atomic mass is 10.1. The Labute approximate surface area is 181 Å². The summed E-state index contributed by atoms with van der Waals surface area (Å²) >= 11 is 0. The number of methoxy groups -OCH3 is 1. The summed E-state index contributed by atoms with van der Waals surface area (Å²) in [6, 6.07) is 7.61. The Morgan fingerprint density at radius 2 is 2.13 bits per heavy atom. The van der Waals surface area contributed by atoms with E-state index in [1.54, 1.807) is 7.11 Å². The van der Waals surface area contributed by atoms with Crippen LogP contribution in [0.1, 0.15) is 45.0 Å². The summed E-state index contributed by atoms with van der Waals surface area (Å²) < 4.78 is 13.1. The van der Waals surface area contributed by atoms with Crippen LogP contribution < -0.4 is 15.2 Å². The van der Waals surface area contributed by atoms with Gasteiger partial charge in [-0.05, 0) is 68.3 Å². The Kier molecular flexibility index (Phi) is 6.06. The molecule has 0 aliphatic carbocycles. The van der Waals surface area contributed by atoms with E-state index in [-0.39, 0.29) is 17.2 Å². The summed E-state index contributed by atoms with van der Waals surface area (Å²) in [6.45, 7) is 9.00. The van der Waals surface area contributed by atoms with Crippen molar-refractivity contribution in [2.45, 2.75) is 58.3 Å². The van der Waals surface area contributed by atoms with Crippen molar-refractivity contribution < 1.29 is 14.4 Å². The maximum atomic E-state index is 12.8. The van der Waals surface area contributed by atoms with Crippen molar-refractivity contribution in [2.24, 2.45) is 0 Å². The fourth-order valence-corrected chi connectivity index (χ4v) is 4.15. The minimum atomic E-state index is -0.217. The Morgan fingerprint density at radius 3 is 2.84 bits per heavy atom. The van der Waals surface area contributed by atoms with E-state index in [4.69, 9.17) is 9.47 Å². The largest absolute Gasteiger partial charge is 0.497 e. The van der Waals surface area contributed by atoms with E-state index in [0.29, 0.717) is 13.1 Å². The van der Waals surface area contributed by atoms with Crippen LogP contribution in [0, 0.1) is 0 Å². The standard InChI is InChI=1S/C22H30N6O3/c1-22(2,3)28-20(24-25-26-28)14-27(13-18-6-5-9-31-18)12-16-10-15-11-17(30-4)7-8-19(15)23-21(16)29/h7-8,10-11,18H,5-6,9,12-14H2,1-4H3,(H,23,29)/p+1/t18-/m1/s1. The van der Waals surface area contributed by atoms with Crippen LogP contribution in [0.5, 0.6) is 5.75 Å². The number of pyridine rings is 1. The highest BCUT2D eigenvalue weighted by atomic mass is 16.5. The molecule has 3 heterocycles. The van der Waals surface area contributed by atoms with Crippen LogP contribution in [0.15, 0.2) is 29.1 Å². The number of nitrogens with one attached hydrogen (secondary N) is 2. The summed E-state index contributed by atoms with van der Waals surface area (Å²) in [5.41, 5.74) is 1.23. The van der Waals surface area contributed by atoms with Gasteiger partial charge in [-0.3, -0.25) is 4.79 Å². The van der Waals surface area contributed by atoms with Crippen LogP contribution in [-0.4, -0.2) is 51.6 Å². The van der Waals surface area contributed by atoms with Crippen LogP contribution in [0.4, 0.5) is 0 Å². The van der Waals surface area contributed by atoms with Gasteiger partial charge in [0, 0.05) is 17.5 Å². The molecule has 1 aromatic carbocycles. The highest BCUT2D eigenvalue weighted by molar-refractivity contribution is 5.80. The minimum Gasteiger partial charge on any atom is -0.497 e. The molecule has 4 rings (SSSR count). The van der Waals surface area contributed by atoms with E-state index < -0.39 is 0 Å². The van der Waals surface area contributed by atoms with Crippen molar-refractivity contribution in [2.75, 3.05) is 20.3 Å². The molecule has 1 saturated heterocycles. The maximum Gasteiger partial charge on any atom is 0.257 e. The molecule has 3 aromatic rings. The van der Waals surface area contributed by atoms with Gasteiger partial charge < -0.3 is 19.4 Å². The number of aromatic amines is 1. The third kappa shape index (κ3) is 4.94. The van der Waals surface area contributed by atoms with Gasteiger partial charge in [0.25, 0.3) is 5.56 Å². The van der Waals surface area contributed by atoms with Gasteiger partial charge in [-0.1, -0.05) is 0 Å². The zero-order valence-electron chi connectivity index (χ0n) is 18.6. The third-order valence-corrected chi connectivity index (χ3v) is 5.69. The Balaban J connectivity index is 1.63. The molecule has 166 valence electrons. The molecule has 0 saturated carbocycles. The fraction of sp³-hybridized carbons (Fsp3) is 0.545. The number of H-pyrrole nitrogens is 1. The topological polar surface area (TPSA) is 99.4 Å². The molecule has 0 spiro atoms. The summed E-state index contributed by atoms with van der Waals surface area (Å²) in [5.74, 6) is 1.57. The molecular weight excluding hydrogens is 396 g/mol. The van der Waals surface area contributed by atoms with Crippen molar-refractivity contribution in [3.63, 3.8) is 0 Å². The molecule has 1 aliphatic rings. The number of fused-ring (bicyclic) bond motifs is 1. The molecule has 0 amide bonds. The van der Waals surface area contributed by atoms with Crippen LogP contribution in [0.3, 0.4) is 0 Å². The number of quaternary nitrogens is 1. The first kappa shape index (κ1) is 21.5. The predicted molar refractivity (Wildman–Crippen MR) is 116 cm³/mol. The second kappa shape index (κ2) is 8.76. The van der Waals surface area contributed by atoms with Gasteiger partial charge in [0.05, 0.1) is 18.2 Å². The number of hydrogen-bond acceptors (Lipinski definition) is 6. The molecule has 31 heavy (non-hydrogen) atoms. The Bertz CT molecular complexity index is 1090. The van der Waals surface area contributed by atoms with Crippen molar-refractivity contribution in [3.8, 4) is 5.75 Å². The monoisotopic (exact) mass is 427 g/mol. The summed E-state index contributed by atoms with van der Waals surface area (Å²) in [6.07, 6.45) is 2.31. The average Bonchev–Trinajstić information content (AvgIpc) is 3.40. The lowest BCUT2D eigenvalue weighted by molar-refractivity contribution is -0.931. The summed E-state index contributed by atoms with van der Waals surface area (Å²) in [4.78, 5) is 17.0. The molecule has 0 bridgehead atoms. The van der Waals surface area contributed by atoms with E-state index in [1.807, 2.05) is 28.9 Å². The van der Waals surface area contributed by atoms with Gasteiger partial charge in [0.2, 0.25) is 5.82 Å². The first-order chi connectivity index (χ1) is 14.8. The molecule has 9 heteroatoms. The molecule has 2 atom stereocenters. The van der Waals surface area contributed by atoms with E-state index in [1.165, 1.54) is 4.90 Å². The van der Waals surface area contributed by atoms with Gasteiger partial charge in [-0.2, -0.15) is 0 Å². The van der Waals surface area contributed by atoms with Crippen LogP contribution in [-0.2, 0) is 23.4 Å². The highest BCUT2D eigenvalue weighted by Gasteiger charge is 2.27. The summed E-state index contributed by atoms with van der Waals surface area (Å²) in [7, 11) is 1.64. The van der Waals surface area contributed by atoms with Crippen LogP contribution in [0.25, 0.3) is 10.9 Å². The Hall–Kier alpha value is -2.78. The van der Waals surface area contributed by atoms with E-state index in [0.717, 1.165) is 54.0 Å². The first-order valence-electron chi connectivity index (χ1n) is 10.8. The second-order valence-corrected chi connectivity index (χ2v) is 9.20. The fourth-order valence-electron chi connectivity index (χ4n) is 4.15. The van der Waals surface area contributed by atoms with Crippen LogP contribution >= 0.6 is 0 Å². The van der Waals surface area contributed by atoms with E-state index in [9.17, 15) is 4.79 Å². The normalized spacial score (nSPS) is 17.9. The molecular formula is C22H31N6O3+. The van der Waals surface area contributed by atoms with Crippen molar-refractivity contribution >= 4 is 10.9 Å². The average molecular weight is 428 g/mol. The zero-order chi connectivity index (χ0) is 22.0. The molecule has 1 aliphatic heterocycles. The van der Waals surface area contributed by atoms with Gasteiger partial charge in [-0.15, -0.1) is 5.10 Å².